The topological polar surface area (TPSA) is 64.3 Å². The average molecular weight is 286 g/mol. The molecule has 0 aliphatic rings. The summed E-state index contributed by atoms with van der Waals surface area (Å²) in [5.74, 6) is -0.550. The van der Waals surface area contributed by atoms with Crippen molar-refractivity contribution in [2.75, 3.05) is 19.8 Å². The highest BCUT2D eigenvalue weighted by Crippen LogP contribution is 2.25. The third-order valence-electron chi connectivity index (χ3n) is 3.03. The molecule has 1 aromatic carbocycles. The van der Waals surface area contributed by atoms with Gasteiger partial charge in [0.25, 0.3) is 6.43 Å². The molecule has 0 radical (unpaired) electrons. The highest BCUT2D eigenvalue weighted by atomic mass is 19.3. The molecule has 1 amide bonds. The van der Waals surface area contributed by atoms with Crippen LogP contribution in [0.1, 0.15) is 18.9 Å². The molecule has 4 nitrogen and oxygen atoms in total. The molecule has 0 saturated heterocycles. The second-order valence-corrected chi connectivity index (χ2v) is 4.38. The summed E-state index contributed by atoms with van der Waals surface area (Å²) in [6.45, 7) is 1.75. The Morgan fingerprint density at radius 3 is 2.55 bits per heavy atom. The Labute approximate surface area is 117 Å². The lowest BCUT2D eigenvalue weighted by Gasteiger charge is -2.32. The van der Waals surface area contributed by atoms with Crippen LogP contribution in [-0.4, -0.2) is 32.1 Å². The summed E-state index contributed by atoms with van der Waals surface area (Å²) in [5, 5.41) is 3.06. The smallest absolute Gasteiger partial charge is 0.261 e. The Balaban J connectivity index is 2.86. The Morgan fingerprint density at radius 2 is 2.05 bits per heavy atom. The van der Waals surface area contributed by atoms with Gasteiger partial charge in [-0.1, -0.05) is 37.3 Å². The van der Waals surface area contributed by atoms with Crippen LogP contribution in [0.15, 0.2) is 30.3 Å². The van der Waals surface area contributed by atoms with Gasteiger partial charge >= 0.3 is 0 Å². The molecule has 20 heavy (non-hydrogen) atoms. The number of hydrogen-bond donors (Lipinski definition) is 2. The predicted molar refractivity (Wildman–Crippen MR) is 72.4 cm³/mol. The summed E-state index contributed by atoms with van der Waals surface area (Å²) in [7, 11) is 0. The number of halogens is 2. The number of benzene rings is 1. The molecule has 0 aliphatic heterocycles. The largest absolute Gasteiger partial charge is 0.375 e. The van der Waals surface area contributed by atoms with Crippen molar-refractivity contribution in [3.63, 3.8) is 0 Å². The first kappa shape index (κ1) is 16.5. The van der Waals surface area contributed by atoms with E-state index in [9.17, 15) is 13.6 Å². The molecule has 1 unspecified atom stereocenters. The molecule has 0 spiro atoms. The van der Waals surface area contributed by atoms with E-state index in [4.69, 9.17) is 10.5 Å². The van der Waals surface area contributed by atoms with E-state index in [-0.39, 0.29) is 13.0 Å². The van der Waals surface area contributed by atoms with Crippen molar-refractivity contribution >= 4 is 5.91 Å². The maximum absolute atomic E-state index is 12.1. The Morgan fingerprint density at radius 1 is 1.40 bits per heavy atom. The molecule has 6 heteroatoms. The van der Waals surface area contributed by atoms with Gasteiger partial charge in [-0.3, -0.25) is 10.1 Å². The van der Waals surface area contributed by atoms with Crippen molar-refractivity contribution in [3.8, 4) is 0 Å². The van der Waals surface area contributed by atoms with E-state index < -0.39 is 24.5 Å². The zero-order chi connectivity index (χ0) is 15.0. The normalized spacial score (nSPS) is 14.2. The number of likely N-dealkylation sites (N-methyl/N-ethyl adjacent to an activating group) is 1. The molecule has 0 fully saturated rings. The Hall–Kier alpha value is -1.53. The standard InChI is InChI=1S/C14H20F2N2O2/c1-2-18-14(13(17)19,8-9-20-10-12(15)16)11-6-4-3-5-7-11/h3-7,12,18H,2,8-10H2,1H3,(H2,17,19). The second-order valence-electron chi connectivity index (χ2n) is 4.38. The average Bonchev–Trinajstić information content (AvgIpc) is 2.42. The quantitative estimate of drug-likeness (QED) is 0.678. The predicted octanol–water partition coefficient (Wildman–Crippen LogP) is 1.65. The van der Waals surface area contributed by atoms with Crippen LogP contribution in [-0.2, 0) is 15.1 Å². The molecular weight excluding hydrogens is 266 g/mol. The summed E-state index contributed by atoms with van der Waals surface area (Å²) in [6, 6.07) is 8.98. The van der Waals surface area contributed by atoms with E-state index in [0.717, 1.165) is 0 Å². The number of carbonyl (C=O) groups is 1. The van der Waals surface area contributed by atoms with E-state index >= 15 is 0 Å². The minimum atomic E-state index is -2.52. The van der Waals surface area contributed by atoms with Crippen LogP contribution in [0, 0.1) is 0 Å². The van der Waals surface area contributed by atoms with Gasteiger partial charge in [-0.2, -0.15) is 0 Å². The molecule has 0 heterocycles. The van der Waals surface area contributed by atoms with Gasteiger partial charge in [0.05, 0.1) is 0 Å². The fraction of sp³-hybridized carbons (Fsp3) is 0.500. The van der Waals surface area contributed by atoms with Crippen molar-refractivity contribution in [1.29, 1.82) is 0 Å². The second kappa shape index (κ2) is 7.91. The first-order valence-corrected chi connectivity index (χ1v) is 6.49. The van der Waals surface area contributed by atoms with Crippen LogP contribution >= 0.6 is 0 Å². The minimum absolute atomic E-state index is 0.0230. The maximum atomic E-state index is 12.1. The van der Waals surface area contributed by atoms with Crippen molar-refractivity contribution in [3.05, 3.63) is 35.9 Å². The fourth-order valence-corrected chi connectivity index (χ4v) is 2.11. The van der Waals surface area contributed by atoms with Crippen LogP contribution < -0.4 is 11.1 Å². The van der Waals surface area contributed by atoms with E-state index in [1.807, 2.05) is 13.0 Å². The molecule has 1 rings (SSSR count). The molecule has 0 aliphatic carbocycles. The van der Waals surface area contributed by atoms with Crippen molar-refractivity contribution in [2.24, 2.45) is 5.73 Å². The molecule has 0 saturated carbocycles. The minimum Gasteiger partial charge on any atom is -0.375 e. The number of rotatable bonds is 9. The number of hydrogen-bond acceptors (Lipinski definition) is 3. The van der Waals surface area contributed by atoms with Gasteiger partial charge in [0.2, 0.25) is 5.91 Å². The van der Waals surface area contributed by atoms with Crippen LogP contribution in [0.4, 0.5) is 8.78 Å². The SMILES string of the molecule is CCNC(CCOCC(F)F)(C(N)=O)c1ccccc1. The molecule has 1 atom stereocenters. The number of carbonyl (C=O) groups excluding carboxylic acids is 1. The molecule has 0 bridgehead atoms. The van der Waals surface area contributed by atoms with Gasteiger partial charge in [0.1, 0.15) is 12.1 Å². The summed E-state index contributed by atoms with van der Waals surface area (Å²) in [4.78, 5) is 11.9. The lowest BCUT2D eigenvalue weighted by molar-refractivity contribution is -0.126. The first-order chi connectivity index (χ1) is 9.53. The highest BCUT2D eigenvalue weighted by Gasteiger charge is 2.37. The maximum Gasteiger partial charge on any atom is 0.261 e. The number of ether oxygens (including phenoxy) is 1. The van der Waals surface area contributed by atoms with Crippen LogP contribution in [0.2, 0.25) is 0 Å². The molecular formula is C14H20F2N2O2. The van der Waals surface area contributed by atoms with Gasteiger partial charge in [0, 0.05) is 13.0 Å². The van der Waals surface area contributed by atoms with Crippen LogP contribution in [0.5, 0.6) is 0 Å². The number of primary amides is 1. The fourth-order valence-electron chi connectivity index (χ4n) is 2.11. The van der Waals surface area contributed by atoms with E-state index in [1.54, 1.807) is 24.3 Å². The third kappa shape index (κ3) is 4.25. The molecule has 112 valence electrons. The lowest BCUT2D eigenvalue weighted by atomic mass is 9.86. The summed E-state index contributed by atoms with van der Waals surface area (Å²) in [6.07, 6.45) is -2.32. The van der Waals surface area contributed by atoms with Gasteiger partial charge in [-0.15, -0.1) is 0 Å². The number of nitrogens with two attached hydrogens (primary N) is 1. The Bertz CT molecular complexity index is 415. The molecule has 3 N–H and O–H groups in total. The van der Waals surface area contributed by atoms with E-state index in [2.05, 4.69) is 5.32 Å². The summed E-state index contributed by atoms with van der Waals surface area (Å²) in [5.41, 5.74) is 5.13. The number of alkyl halides is 2. The molecule has 0 aromatic heterocycles. The zero-order valence-electron chi connectivity index (χ0n) is 11.4. The number of nitrogens with one attached hydrogen (secondary N) is 1. The van der Waals surface area contributed by atoms with Crippen molar-refractivity contribution < 1.29 is 18.3 Å². The summed E-state index contributed by atoms with van der Waals surface area (Å²) >= 11 is 0. The van der Waals surface area contributed by atoms with Crippen LogP contribution in [0.3, 0.4) is 0 Å². The highest BCUT2D eigenvalue weighted by molar-refractivity contribution is 5.86. The van der Waals surface area contributed by atoms with Gasteiger partial charge in [0.15, 0.2) is 0 Å². The van der Waals surface area contributed by atoms with Gasteiger partial charge < -0.3 is 10.5 Å². The van der Waals surface area contributed by atoms with Crippen molar-refractivity contribution in [1.82, 2.24) is 5.32 Å². The molecule has 1 aromatic rings. The summed E-state index contributed by atoms with van der Waals surface area (Å²) < 4.78 is 29.0. The zero-order valence-corrected chi connectivity index (χ0v) is 11.4. The Kier molecular flexibility index (Phi) is 6.54. The first-order valence-electron chi connectivity index (χ1n) is 6.49. The van der Waals surface area contributed by atoms with Gasteiger partial charge in [-0.25, -0.2) is 8.78 Å². The monoisotopic (exact) mass is 286 g/mol. The van der Waals surface area contributed by atoms with Crippen molar-refractivity contribution in [2.45, 2.75) is 25.3 Å². The van der Waals surface area contributed by atoms with Gasteiger partial charge in [-0.05, 0) is 12.1 Å². The number of amides is 1. The van der Waals surface area contributed by atoms with Crippen LogP contribution in [0.25, 0.3) is 0 Å². The van der Waals surface area contributed by atoms with E-state index in [0.29, 0.717) is 12.1 Å². The third-order valence-corrected chi connectivity index (χ3v) is 3.03. The lowest BCUT2D eigenvalue weighted by Crippen LogP contribution is -2.53. The van der Waals surface area contributed by atoms with E-state index in [1.165, 1.54) is 0 Å².